The molecule has 0 aliphatic carbocycles. The smallest absolute Gasteiger partial charge is 0.339 e. The molecule has 0 aliphatic heterocycles. The van der Waals surface area contributed by atoms with E-state index in [0.29, 0.717) is 0 Å². The van der Waals surface area contributed by atoms with E-state index in [2.05, 4.69) is 4.74 Å². The highest BCUT2D eigenvalue weighted by Crippen LogP contribution is 2.25. The highest BCUT2D eigenvalue weighted by Gasteiger charge is 2.27. The lowest BCUT2D eigenvalue weighted by molar-refractivity contribution is -0.113. The molecule has 0 heterocycles. The van der Waals surface area contributed by atoms with Crippen molar-refractivity contribution in [1.82, 2.24) is 0 Å². The third kappa shape index (κ3) is 4.54. The minimum atomic E-state index is -3.72. The van der Waals surface area contributed by atoms with E-state index < -0.39 is 27.4 Å². The molecule has 0 spiro atoms. The lowest BCUT2D eigenvalue weighted by atomic mass is 9.94. The van der Waals surface area contributed by atoms with Crippen LogP contribution in [0.3, 0.4) is 0 Å². The number of carbonyl (C=O) groups is 3. The molecule has 0 N–H and O–H groups in total. The van der Waals surface area contributed by atoms with Crippen LogP contribution < -0.4 is 0 Å². The third-order valence-corrected chi connectivity index (χ3v) is 4.59. The minimum Gasteiger partial charge on any atom is -0.501 e. The Bertz CT molecular complexity index is 848. The standard InChI is InChI=1S/C17H20O7S/c1-6-24-9-13(11(3)18)16(19)12-7-8-14(25(5,21)22)15(10(12)2)17(20)23-4/h7-9H,6H2,1-5H3/b13-9-. The van der Waals surface area contributed by atoms with E-state index in [1.807, 2.05) is 0 Å². The van der Waals surface area contributed by atoms with Gasteiger partial charge in [-0.15, -0.1) is 0 Å². The van der Waals surface area contributed by atoms with Crippen LogP contribution in [0.15, 0.2) is 28.9 Å². The Kier molecular flexibility index (Phi) is 6.63. The van der Waals surface area contributed by atoms with E-state index in [0.717, 1.165) is 25.7 Å². The molecular weight excluding hydrogens is 348 g/mol. The summed E-state index contributed by atoms with van der Waals surface area (Å²) in [5, 5.41) is 0. The maximum absolute atomic E-state index is 12.7. The van der Waals surface area contributed by atoms with E-state index in [4.69, 9.17) is 4.74 Å². The molecule has 0 bridgehead atoms. The zero-order chi connectivity index (χ0) is 19.4. The van der Waals surface area contributed by atoms with Gasteiger partial charge in [-0.3, -0.25) is 9.59 Å². The second kappa shape index (κ2) is 8.06. The molecule has 0 aliphatic rings. The number of rotatable bonds is 7. The highest BCUT2D eigenvalue weighted by atomic mass is 32.2. The second-order valence-corrected chi connectivity index (χ2v) is 7.23. The van der Waals surface area contributed by atoms with Gasteiger partial charge in [-0.2, -0.15) is 0 Å². The molecule has 0 amide bonds. The van der Waals surface area contributed by atoms with Gasteiger partial charge in [0.15, 0.2) is 21.4 Å². The van der Waals surface area contributed by atoms with Gasteiger partial charge in [-0.1, -0.05) is 0 Å². The molecule has 0 saturated heterocycles. The fourth-order valence-corrected chi connectivity index (χ4v) is 3.13. The molecule has 1 aromatic rings. The first-order valence-electron chi connectivity index (χ1n) is 7.35. The van der Waals surface area contributed by atoms with Crippen LogP contribution in [0, 0.1) is 6.92 Å². The number of methoxy groups -OCH3 is 1. The summed E-state index contributed by atoms with van der Waals surface area (Å²) in [4.78, 5) is 36.2. The van der Waals surface area contributed by atoms with E-state index >= 15 is 0 Å². The lowest BCUT2D eigenvalue weighted by Crippen LogP contribution is -2.18. The summed E-state index contributed by atoms with van der Waals surface area (Å²) in [5.74, 6) is -2.06. The van der Waals surface area contributed by atoms with Crippen molar-refractivity contribution >= 4 is 27.4 Å². The number of ketones is 2. The van der Waals surface area contributed by atoms with Gasteiger partial charge in [0.1, 0.15) is 0 Å². The van der Waals surface area contributed by atoms with Crippen LogP contribution in [0.1, 0.15) is 40.1 Å². The Balaban J connectivity index is 3.66. The van der Waals surface area contributed by atoms with Crippen molar-refractivity contribution in [1.29, 1.82) is 0 Å². The Morgan fingerprint density at radius 1 is 1.20 bits per heavy atom. The van der Waals surface area contributed by atoms with Crippen molar-refractivity contribution in [3.05, 3.63) is 40.7 Å². The van der Waals surface area contributed by atoms with Gasteiger partial charge in [0.2, 0.25) is 0 Å². The number of carbonyl (C=O) groups excluding carboxylic acids is 3. The first-order valence-corrected chi connectivity index (χ1v) is 9.24. The van der Waals surface area contributed by atoms with Gasteiger partial charge in [-0.25, -0.2) is 13.2 Å². The van der Waals surface area contributed by atoms with Crippen LogP contribution in [0.25, 0.3) is 0 Å². The fourth-order valence-electron chi connectivity index (χ4n) is 2.21. The zero-order valence-corrected chi connectivity index (χ0v) is 15.5. The van der Waals surface area contributed by atoms with Gasteiger partial charge in [0, 0.05) is 11.8 Å². The number of Topliss-reactive ketones (excluding diaryl/α,β-unsaturated/α-hetero) is 2. The van der Waals surface area contributed by atoms with Crippen LogP contribution in [0.5, 0.6) is 0 Å². The predicted octanol–water partition coefficient (Wildman–Crippen LogP) is 1.88. The normalized spacial score (nSPS) is 11.8. The van der Waals surface area contributed by atoms with Crippen LogP contribution in [0.2, 0.25) is 0 Å². The molecule has 0 aromatic heterocycles. The fraction of sp³-hybridized carbons (Fsp3) is 0.353. The molecule has 25 heavy (non-hydrogen) atoms. The molecule has 1 rings (SSSR count). The largest absolute Gasteiger partial charge is 0.501 e. The van der Waals surface area contributed by atoms with E-state index in [-0.39, 0.29) is 33.8 Å². The Hall–Kier alpha value is -2.48. The molecule has 8 heteroatoms. The first kappa shape index (κ1) is 20.6. The molecule has 7 nitrogen and oxygen atoms in total. The topological polar surface area (TPSA) is 104 Å². The average molecular weight is 368 g/mol. The molecule has 0 saturated carbocycles. The van der Waals surface area contributed by atoms with Crippen molar-refractivity contribution in [3.63, 3.8) is 0 Å². The van der Waals surface area contributed by atoms with Crippen LogP contribution >= 0.6 is 0 Å². The van der Waals surface area contributed by atoms with E-state index in [9.17, 15) is 22.8 Å². The Labute approximate surface area is 146 Å². The zero-order valence-electron chi connectivity index (χ0n) is 14.7. The minimum absolute atomic E-state index is 0.0222. The summed E-state index contributed by atoms with van der Waals surface area (Å²) >= 11 is 0. The summed E-state index contributed by atoms with van der Waals surface area (Å²) in [6.07, 6.45) is 2.01. The average Bonchev–Trinajstić information content (AvgIpc) is 2.52. The molecule has 0 atom stereocenters. The number of hydrogen-bond acceptors (Lipinski definition) is 7. The Morgan fingerprint density at radius 3 is 2.24 bits per heavy atom. The second-order valence-electron chi connectivity index (χ2n) is 5.25. The summed E-state index contributed by atoms with van der Waals surface area (Å²) in [7, 11) is -2.61. The van der Waals surface area contributed by atoms with Gasteiger partial charge < -0.3 is 9.47 Å². The first-order chi connectivity index (χ1) is 11.6. The number of esters is 1. The van der Waals surface area contributed by atoms with Crippen molar-refractivity contribution in [2.24, 2.45) is 0 Å². The molecule has 136 valence electrons. The molecular formula is C17H20O7S. The van der Waals surface area contributed by atoms with Crippen molar-refractivity contribution < 1.29 is 32.3 Å². The molecule has 1 aromatic carbocycles. The number of ether oxygens (including phenoxy) is 2. The monoisotopic (exact) mass is 368 g/mol. The van der Waals surface area contributed by atoms with Gasteiger partial charge in [0.05, 0.1) is 36.0 Å². The summed E-state index contributed by atoms with van der Waals surface area (Å²) < 4.78 is 33.5. The quantitative estimate of drug-likeness (QED) is 0.181. The third-order valence-electron chi connectivity index (χ3n) is 3.45. The highest BCUT2D eigenvalue weighted by molar-refractivity contribution is 7.90. The summed E-state index contributed by atoms with van der Waals surface area (Å²) in [6, 6.07) is 2.42. The van der Waals surface area contributed by atoms with Crippen LogP contribution in [-0.2, 0) is 24.1 Å². The number of hydrogen-bond donors (Lipinski definition) is 0. The SMILES string of the molecule is CCO/C=C(/C(C)=O)C(=O)c1ccc(S(C)(=O)=O)c(C(=O)OC)c1C. The van der Waals surface area contributed by atoms with Crippen molar-refractivity contribution in [2.45, 2.75) is 25.7 Å². The molecule has 0 fully saturated rings. The number of benzene rings is 1. The molecule has 0 radical (unpaired) electrons. The van der Waals surface area contributed by atoms with Gasteiger partial charge in [0.25, 0.3) is 0 Å². The molecule has 0 unspecified atom stereocenters. The number of allylic oxidation sites excluding steroid dienone is 1. The predicted molar refractivity (Wildman–Crippen MR) is 90.3 cm³/mol. The van der Waals surface area contributed by atoms with Crippen LogP contribution in [0.4, 0.5) is 0 Å². The summed E-state index contributed by atoms with van der Waals surface area (Å²) in [6.45, 7) is 4.60. The maximum Gasteiger partial charge on any atom is 0.339 e. The Morgan fingerprint density at radius 2 is 1.80 bits per heavy atom. The van der Waals surface area contributed by atoms with E-state index in [1.165, 1.54) is 19.9 Å². The van der Waals surface area contributed by atoms with E-state index in [1.54, 1.807) is 6.92 Å². The number of sulfone groups is 1. The van der Waals surface area contributed by atoms with Gasteiger partial charge in [-0.05, 0) is 38.5 Å². The van der Waals surface area contributed by atoms with Crippen molar-refractivity contribution in [2.75, 3.05) is 20.0 Å². The van der Waals surface area contributed by atoms with Crippen molar-refractivity contribution in [3.8, 4) is 0 Å². The lowest BCUT2D eigenvalue weighted by Gasteiger charge is -2.14. The van der Waals surface area contributed by atoms with Gasteiger partial charge >= 0.3 is 5.97 Å². The van der Waals surface area contributed by atoms with Crippen LogP contribution in [-0.4, -0.2) is 45.9 Å². The summed E-state index contributed by atoms with van der Waals surface area (Å²) in [5.41, 5.74) is -0.291. The maximum atomic E-state index is 12.7.